The predicted molar refractivity (Wildman–Crippen MR) is 142 cm³/mol. The lowest BCUT2D eigenvalue weighted by atomic mass is 9.94. The van der Waals surface area contributed by atoms with Crippen molar-refractivity contribution in [1.29, 1.82) is 0 Å². The molecule has 0 amide bonds. The molecule has 0 saturated carbocycles. The fraction of sp³-hybridized carbons (Fsp3) is 0.346. The molecule has 6 nitrogen and oxygen atoms in total. The summed E-state index contributed by atoms with van der Waals surface area (Å²) >= 11 is 7.48. The van der Waals surface area contributed by atoms with E-state index in [9.17, 15) is 0 Å². The second-order valence-electron chi connectivity index (χ2n) is 8.04. The van der Waals surface area contributed by atoms with Crippen molar-refractivity contribution >= 4 is 34.7 Å². The number of aromatic nitrogens is 2. The zero-order valence-corrected chi connectivity index (χ0v) is 21.6. The van der Waals surface area contributed by atoms with Crippen LogP contribution in [0.25, 0.3) is 17.0 Å². The first-order valence-corrected chi connectivity index (χ1v) is 13.2. The van der Waals surface area contributed by atoms with Crippen molar-refractivity contribution in [1.82, 2.24) is 20.4 Å². The first-order chi connectivity index (χ1) is 16.5. The number of unbranched alkanes of at least 4 members (excludes halogenated alkanes) is 1. The summed E-state index contributed by atoms with van der Waals surface area (Å²) in [5, 5.41) is 8.54. The molecule has 2 aromatic carbocycles. The summed E-state index contributed by atoms with van der Waals surface area (Å²) in [6.45, 7) is 7.70. The molecule has 1 N–H and O–H groups in total. The van der Waals surface area contributed by atoms with Gasteiger partial charge in [0.1, 0.15) is 5.75 Å². The largest absolute Gasteiger partial charge is 0.494 e. The monoisotopic (exact) mass is 494 g/mol. The summed E-state index contributed by atoms with van der Waals surface area (Å²) in [6.07, 6.45) is 4.20. The molecular formula is C26H30N4O2S2. The summed E-state index contributed by atoms with van der Waals surface area (Å²) in [7, 11) is 0. The maximum Gasteiger partial charge on any atom is 0.258 e. The molecule has 1 unspecified atom stereocenters. The van der Waals surface area contributed by atoms with E-state index in [1.807, 2.05) is 31.2 Å². The Morgan fingerprint density at radius 1 is 1.12 bits per heavy atom. The second-order valence-corrected chi connectivity index (χ2v) is 9.31. The van der Waals surface area contributed by atoms with Crippen LogP contribution in [0.5, 0.6) is 5.75 Å². The first-order valence-electron chi connectivity index (χ1n) is 11.6. The Morgan fingerprint density at radius 3 is 2.50 bits per heavy atom. The van der Waals surface area contributed by atoms with E-state index >= 15 is 0 Å². The van der Waals surface area contributed by atoms with E-state index in [0.29, 0.717) is 18.3 Å². The van der Waals surface area contributed by atoms with Gasteiger partial charge in [0.15, 0.2) is 5.11 Å². The summed E-state index contributed by atoms with van der Waals surface area (Å²) in [5.74, 6) is 1.86. The molecule has 3 aromatic rings. The molecule has 0 saturated heterocycles. The van der Waals surface area contributed by atoms with E-state index in [0.717, 1.165) is 52.6 Å². The van der Waals surface area contributed by atoms with Gasteiger partial charge in [-0.05, 0) is 80.7 Å². The van der Waals surface area contributed by atoms with Crippen molar-refractivity contribution in [2.24, 2.45) is 0 Å². The minimum absolute atomic E-state index is 0.171. The third-order valence-corrected chi connectivity index (χ3v) is 6.94. The van der Waals surface area contributed by atoms with Crippen LogP contribution in [0.1, 0.15) is 51.1 Å². The van der Waals surface area contributed by atoms with E-state index in [1.54, 1.807) is 11.8 Å². The second kappa shape index (κ2) is 11.1. The number of hydrogen-bond donors (Lipinski definition) is 1. The highest BCUT2D eigenvalue weighted by atomic mass is 32.2. The van der Waals surface area contributed by atoms with Gasteiger partial charge in [-0.3, -0.25) is 0 Å². The Bertz CT molecular complexity index is 1160. The number of benzene rings is 2. The van der Waals surface area contributed by atoms with Crippen molar-refractivity contribution in [3.63, 3.8) is 0 Å². The molecular weight excluding hydrogens is 464 g/mol. The summed E-state index contributed by atoms with van der Waals surface area (Å²) in [5.41, 5.74) is 3.97. The standard InChI is InChI=1S/C26H30N4O2S2/c1-5-7-16-30-17(3)22(23(27-26(30)33)18-10-14-21(34-4)15-11-18)25-28-24(29-32-25)19-8-12-20(13-9-19)31-6-2/h8-15,23H,5-7,16H2,1-4H3,(H,27,33). The van der Waals surface area contributed by atoms with E-state index in [4.69, 9.17) is 26.5 Å². The first kappa shape index (κ1) is 24.3. The lowest BCUT2D eigenvalue weighted by Crippen LogP contribution is -2.46. The van der Waals surface area contributed by atoms with Gasteiger partial charge in [-0.15, -0.1) is 11.8 Å². The average molecular weight is 495 g/mol. The van der Waals surface area contributed by atoms with Gasteiger partial charge in [-0.2, -0.15) is 4.98 Å². The van der Waals surface area contributed by atoms with Crippen LogP contribution in [0.4, 0.5) is 0 Å². The minimum atomic E-state index is -0.171. The number of thiocarbonyl (C=S) groups is 1. The Hall–Kier alpha value is -2.84. The summed E-state index contributed by atoms with van der Waals surface area (Å²) < 4.78 is 11.4. The van der Waals surface area contributed by atoms with E-state index < -0.39 is 0 Å². The zero-order chi connectivity index (χ0) is 24.1. The van der Waals surface area contributed by atoms with Crippen LogP contribution in [0.2, 0.25) is 0 Å². The highest BCUT2D eigenvalue weighted by molar-refractivity contribution is 7.98. The molecule has 0 aliphatic carbocycles. The number of nitrogens with one attached hydrogen (secondary N) is 1. The maximum absolute atomic E-state index is 5.83. The number of thioether (sulfide) groups is 1. The Morgan fingerprint density at radius 2 is 1.85 bits per heavy atom. The van der Waals surface area contributed by atoms with E-state index in [-0.39, 0.29) is 6.04 Å². The lowest BCUT2D eigenvalue weighted by Gasteiger charge is -2.37. The number of nitrogens with zero attached hydrogens (tertiary/aromatic N) is 3. The number of ether oxygens (including phenoxy) is 1. The van der Waals surface area contributed by atoms with Crippen molar-refractivity contribution in [3.8, 4) is 17.1 Å². The quantitative estimate of drug-likeness (QED) is 0.274. The van der Waals surface area contributed by atoms with Crippen LogP contribution in [-0.2, 0) is 0 Å². The smallest absolute Gasteiger partial charge is 0.258 e. The van der Waals surface area contributed by atoms with Crippen molar-refractivity contribution < 1.29 is 9.26 Å². The van der Waals surface area contributed by atoms with Crippen molar-refractivity contribution in [3.05, 3.63) is 65.7 Å². The van der Waals surface area contributed by atoms with Crippen molar-refractivity contribution in [2.45, 2.75) is 44.6 Å². The molecule has 4 rings (SSSR count). The Kier molecular flexibility index (Phi) is 7.90. The fourth-order valence-corrected chi connectivity index (χ4v) is 4.76. The lowest BCUT2D eigenvalue weighted by molar-refractivity contribution is 0.340. The molecule has 2 heterocycles. The minimum Gasteiger partial charge on any atom is -0.494 e. The predicted octanol–water partition coefficient (Wildman–Crippen LogP) is 6.32. The highest BCUT2D eigenvalue weighted by Crippen LogP contribution is 2.38. The van der Waals surface area contributed by atoms with E-state index in [2.05, 4.69) is 59.7 Å². The van der Waals surface area contributed by atoms with Gasteiger partial charge in [0, 0.05) is 22.7 Å². The molecule has 8 heteroatoms. The number of allylic oxidation sites excluding steroid dienone is 1. The van der Waals surface area contributed by atoms with Gasteiger partial charge >= 0.3 is 0 Å². The van der Waals surface area contributed by atoms with Crippen LogP contribution in [0.3, 0.4) is 0 Å². The van der Waals surface area contributed by atoms with Crippen LogP contribution in [-0.4, -0.2) is 39.6 Å². The SMILES string of the molecule is CCCCN1C(=S)NC(c2ccc(SC)cc2)C(c2nc(-c3ccc(OCC)cc3)no2)=C1C. The maximum atomic E-state index is 5.83. The Labute approximate surface area is 210 Å². The van der Waals surface area contributed by atoms with Crippen LogP contribution < -0.4 is 10.1 Å². The van der Waals surface area contributed by atoms with Gasteiger partial charge in [0.25, 0.3) is 5.89 Å². The number of rotatable bonds is 9. The van der Waals surface area contributed by atoms with E-state index in [1.165, 1.54) is 4.90 Å². The average Bonchev–Trinajstić information content (AvgIpc) is 3.34. The van der Waals surface area contributed by atoms with Gasteiger partial charge in [0.2, 0.25) is 5.82 Å². The molecule has 0 spiro atoms. The third kappa shape index (κ3) is 5.13. The molecule has 1 aliphatic heterocycles. The molecule has 178 valence electrons. The summed E-state index contributed by atoms with van der Waals surface area (Å²) in [4.78, 5) is 8.14. The van der Waals surface area contributed by atoms with Gasteiger partial charge in [0.05, 0.1) is 18.2 Å². The molecule has 0 radical (unpaired) electrons. The topological polar surface area (TPSA) is 63.4 Å². The van der Waals surface area contributed by atoms with Crippen LogP contribution in [0, 0.1) is 0 Å². The van der Waals surface area contributed by atoms with Gasteiger partial charge in [-0.1, -0.05) is 30.6 Å². The molecule has 0 bridgehead atoms. The highest BCUT2D eigenvalue weighted by Gasteiger charge is 2.33. The van der Waals surface area contributed by atoms with Crippen LogP contribution >= 0.6 is 24.0 Å². The number of hydrogen-bond acceptors (Lipinski definition) is 6. The van der Waals surface area contributed by atoms with Crippen molar-refractivity contribution in [2.75, 3.05) is 19.4 Å². The molecule has 0 fully saturated rings. The van der Waals surface area contributed by atoms with Gasteiger partial charge in [-0.25, -0.2) is 0 Å². The molecule has 1 aliphatic rings. The Balaban J connectivity index is 1.73. The summed E-state index contributed by atoms with van der Waals surface area (Å²) in [6, 6.07) is 16.1. The van der Waals surface area contributed by atoms with Gasteiger partial charge < -0.3 is 19.5 Å². The molecule has 1 aromatic heterocycles. The zero-order valence-electron chi connectivity index (χ0n) is 20.0. The molecule has 34 heavy (non-hydrogen) atoms. The normalized spacial score (nSPS) is 16.1. The third-order valence-electron chi connectivity index (χ3n) is 5.86. The fourth-order valence-electron chi connectivity index (χ4n) is 4.01. The van der Waals surface area contributed by atoms with Crippen LogP contribution in [0.15, 0.2) is 63.6 Å². The molecule has 1 atom stereocenters.